The van der Waals surface area contributed by atoms with Crippen LogP contribution < -0.4 is 10.2 Å². The van der Waals surface area contributed by atoms with Gasteiger partial charge in [0.15, 0.2) is 0 Å². The Morgan fingerprint density at radius 1 is 1.14 bits per heavy atom. The van der Waals surface area contributed by atoms with Gasteiger partial charge in [-0.1, -0.05) is 12.1 Å². The van der Waals surface area contributed by atoms with Crippen LogP contribution in [0, 0.1) is 5.82 Å². The third-order valence-electron chi connectivity index (χ3n) is 4.72. The highest BCUT2D eigenvalue weighted by molar-refractivity contribution is 5.95. The molecule has 1 aliphatic rings. The maximum absolute atomic E-state index is 14.5. The highest BCUT2D eigenvalue weighted by Crippen LogP contribution is 2.22. The Morgan fingerprint density at radius 3 is 2.57 bits per heavy atom. The molecule has 0 aromatic heterocycles. The molecule has 1 amide bonds. The minimum absolute atomic E-state index is 0.241. The SMILES string of the molecule is COC(=O)c1cccc(C(C)NC(=O)c2ccc(N3CCOCC3)c(F)c2)c1. The molecule has 1 unspecified atom stereocenters. The average molecular weight is 386 g/mol. The molecule has 7 heteroatoms. The van der Waals surface area contributed by atoms with Crippen LogP contribution in [0.2, 0.25) is 0 Å². The summed E-state index contributed by atoms with van der Waals surface area (Å²) in [7, 11) is 1.31. The number of anilines is 1. The molecule has 3 rings (SSSR count). The molecule has 0 saturated carbocycles. The molecular formula is C21H23FN2O4. The summed E-state index contributed by atoms with van der Waals surface area (Å²) in [4.78, 5) is 26.1. The summed E-state index contributed by atoms with van der Waals surface area (Å²) in [6, 6.07) is 11.0. The van der Waals surface area contributed by atoms with E-state index < -0.39 is 11.8 Å². The number of hydrogen-bond acceptors (Lipinski definition) is 5. The number of esters is 1. The van der Waals surface area contributed by atoms with Crippen LogP contribution in [0.15, 0.2) is 42.5 Å². The first-order chi connectivity index (χ1) is 13.5. The third-order valence-corrected chi connectivity index (χ3v) is 4.72. The Bertz CT molecular complexity index is 865. The van der Waals surface area contributed by atoms with Gasteiger partial charge in [0.1, 0.15) is 5.82 Å². The Kier molecular flexibility index (Phi) is 6.26. The molecule has 1 atom stereocenters. The smallest absolute Gasteiger partial charge is 0.337 e. The third kappa shape index (κ3) is 4.48. The molecule has 0 spiro atoms. The van der Waals surface area contributed by atoms with E-state index in [1.54, 1.807) is 43.3 Å². The fourth-order valence-corrected chi connectivity index (χ4v) is 3.12. The van der Waals surface area contributed by atoms with E-state index in [9.17, 15) is 14.0 Å². The van der Waals surface area contributed by atoms with E-state index >= 15 is 0 Å². The molecule has 6 nitrogen and oxygen atoms in total. The largest absolute Gasteiger partial charge is 0.465 e. The first-order valence-corrected chi connectivity index (χ1v) is 9.11. The van der Waals surface area contributed by atoms with Crippen LogP contribution >= 0.6 is 0 Å². The summed E-state index contributed by atoms with van der Waals surface area (Å²) >= 11 is 0. The highest BCUT2D eigenvalue weighted by Gasteiger charge is 2.18. The lowest BCUT2D eigenvalue weighted by molar-refractivity contribution is 0.0600. The average Bonchev–Trinajstić information content (AvgIpc) is 2.73. The van der Waals surface area contributed by atoms with Crippen LogP contribution in [0.4, 0.5) is 10.1 Å². The molecule has 1 heterocycles. The molecule has 28 heavy (non-hydrogen) atoms. The summed E-state index contributed by atoms with van der Waals surface area (Å²) in [5.41, 5.74) is 1.87. The standard InChI is InChI=1S/C21H23FN2O4/c1-14(15-4-3-5-17(12-15)21(26)27-2)23-20(25)16-6-7-19(18(22)13-16)24-8-10-28-11-9-24/h3-7,12-14H,8-11H2,1-2H3,(H,23,25). The number of carbonyl (C=O) groups is 2. The second-order valence-corrected chi connectivity index (χ2v) is 6.58. The van der Waals surface area contributed by atoms with Gasteiger partial charge in [-0.2, -0.15) is 0 Å². The zero-order chi connectivity index (χ0) is 20.1. The Balaban J connectivity index is 1.70. The van der Waals surface area contributed by atoms with E-state index in [0.29, 0.717) is 37.6 Å². The molecular weight excluding hydrogens is 363 g/mol. The highest BCUT2D eigenvalue weighted by atomic mass is 19.1. The van der Waals surface area contributed by atoms with Crippen molar-refractivity contribution >= 4 is 17.6 Å². The van der Waals surface area contributed by atoms with E-state index in [0.717, 1.165) is 5.56 Å². The minimum atomic E-state index is -0.443. The summed E-state index contributed by atoms with van der Waals surface area (Å²) < 4.78 is 24.5. The van der Waals surface area contributed by atoms with Crippen molar-refractivity contribution in [3.05, 3.63) is 65.0 Å². The second-order valence-electron chi connectivity index (χ2n) is 6.58. The number of halogens is 1. The molecule has 0 bridgehead atoms. The lowest BCUT2D eigenvalue weighted by Crippen LogP contribution is -2.36. The fraction of sp³-hybridized carbons (Fsp3) is 0.333. The number of carbonyl (C=O) groups excluding carboxylic acids is 2. The number of ether oxygens (including phenoxy) is 2. The van der Waals surface area contributed by atoms with Crippen LogP contribution in [0.1, 0.15) is 39.2 Å². The Labute approximate surface area is 163 Å². The van der Waals surface area contributed by atoms with Gasteiger partial charge in [0.05, 0.1) is 37.6 Å². The fourth-order valence-electron chi connectivity index (χ4n) is 3.12. The van der Waals surface area contributed by atoms with Gasteiger partial charge in [0.25, 0.3) is 5.91 Å². The van der Waals surface area contributed by atoms with Gasteiger partial charge in [0, 0.05) is 18.7 Å². The molecule has 2 aromatic carbocycles. The van der Waals surface area contributed by atoms with E-state index in [1.165, 1.54) is 13.2 Å². The van der Waals surface area contributed by atoms with E-state index in [1.807, 2.05) is 4.90 Å². The number of amides is 1. The summed E-state index contributed by atoms with van der Waals surface area (Å²) in [5, 5.41) is 2.83. The predicted molar refractivity (Wildman–Crippen MR) is 103 cm³/mol. The molecule has 1 saturated heterocycles. The van der Waals surface area contributed by atoms with Gasteiger partial charge in [-0.05, 0) is 42.8 Å². The Hall–Kier alpha value is -2.93. The van der Waals surface area contributed by atoms with Crippen molar-refractivity contribution in [1.29, 1.82) is 0 Å². The number of nitrogens with one attached hydrogen (secondary N) is 1. The molecule has 1 fully saturated rings. The van der Waals surface area contributed by atoms with Gasteiger partial charge in [0.2, 0.25) is 0 Å². The lowest BCUT2D eigenvalue weighted by atomic mass is 10.0. The summed E-state index contributed by atoms with van der Waals surface area (Å²) in [6.45, 7) is 4.16. The number of hydrogen-bond donors (Lipinski definition) is 1. The zero-order valence-corrected chi connectivity index (χ0v) is 15.9. The van der Waals surface area contributed by atoms with Crippen LogP contribution in [-0.4, -0.2) is 45.3 Å². The number of methoxy groups -OCH3 is 1. The van der Waals surface area contributed by atoms with E-state index in [2.05, 4.69) is 5.32 Å². The van der Waals surface area contributed by atoms with Gasteiger partial charge in [-0.15, -0.1) is 0 Å². The van der Waals surface area contributed by atoms with Crippen molar-refractivity contribution < 1.29 is 23.5 Å². The Morgan fingerprint density at radius 2 is 1.89 bits per heavy atom. The van der Waals surface area contributed by atoms with E-state index in [4.69, 9.17) is 9.47 Å². The van der Waals surface area contributed by atoms with Crippen molar-refractivity contribution in [2.75, 3.05) is 38.3 Å². The first kappa shape index (κ1) is 19.8. The molecule has 0 aliphatic carbocycles. The zero-order valence-electron chi connectivity index (χ0n) is 15.9. The van der Waals surface area contributed by atoms with Crippen LogP contribution in [-0.2, 0) is 9.47 Å². The number of rotatable bonds is 5. The minimum Gasteiger partial charge on any atom is -0.465 e. The quantitative estimate of drug-likeness (QED) is 0.801. The van der Waals surface area contributed by atoms with Crippen LogP contribution in [0.25, 0.3) is 0 Å². The number of nitrogens with zero attached hydrogens (tertiary/aromatic N) is 1. The number of benzene rings is 2. The van der Waals surface area contributed by atoms with Crippen molar-refractivity contribution in [3.63, 3.8) is 0 Å². The van der Waals surface area contributed by atoms with Gasteiger partial charge < -0.3 is 19.7 Å². The molecule has 0 radical (unpaired) electrons. The maximum atomic E-state index is 14.5. The van der Waals surface area contributed by atoms with Crippen LogP contribution in [0.3, 0.4) is 0 Å². The predicted octanol–water partition coefficient (Wildman–Crippen LogP) is 2.94. The molecule has 148 valence electrons. The van der Waals surface area contributed by atoms with Crippen molar-refractivity contribution in [1.82, 2.24) is 5.32 Å². The first-order valence-electron chi connectivity index (χ1n) is 9.11. The van der Waals surface area contributed by atoms with Gasteiger partial charge in [-0.3, -0.25) is 4.79 Å². The summed E-state index contributed by atoms with van der Waals surface area (Å²) in [5.74, 6) is -1.26. The molecule has 1 N–H and O–H groups in total. The second kappa shape index (κ2) is 8.84. The number of morpholine rings is 1. The summed E-state index contributed by atoms with van der Waals surface area (Å²) in [6.07, 6.45) is 0. The van der Waals surface area contributed by atoms with Gasteiger partial charge >= 0.3 is 5.97 Å². The molecule has 2 aromatic rings. The molecule has 1 aliphatic heterocycles. The topological polar surface area (TPSA) is 67.9 Å². The van der Waals surface area contributed by atoms with Gasteiger partial charge in [-0.25, -0.2) is 9.18 Å². The van der Waals surface area contributed by atoms with Crippen LogP contribution in [0.5, 0.6) is 0 Å². The normalized spacial score (nSPS) is 15.0. The monoisotopic (exact) mass is 386 g/mol. The van der Waals surface area contributed by atoms with Crippen molar-refractivity contribution in [3.8, 4) is 0 Å². The van der Waals surface area contributed by atoms with Crippen molar-refractivity contribution in [2.24, 2.45) is 0 Å². The van der Waals surface area contributed by atoms with Crippen molar-refractivity contribution in [2.45, 2.75) is 13.0 Å². The lowest BCUT2D eigenvalue weighted by Gasteiger charge is -2.29. The van der Waals surface area contributed by atoms with E-state index in [-0.39, 0.29) is 17.5 Å². The maximum Gasteiger partial charge on any atom is 0.337 e.